The molecule has 1 rings (SSSR count). The molecule has 0 aliphatic carbocycles. The van der Waals surface area contributed by atoms with E-state index in [-0.39, 0.29) is 18.8 Å². The molecule has 0 aromatic heterocycles. The number of aromatic hydroxyl groups is 1. The number of phenols is 1. The summed E-state index contributed by atoms with van der Waals surface area (Å²) in [6, 6.07) is 5.17. The van der Waals surface area contributed by atoms with E-state index in [0.717, 1.165) is 0 Å². The van der Waals surface area contributed by atoms with Crippen LogP contribution in [0.2, 0.25) is 0 Å². The summed E-state index contributed by atoms with van der Waals surface area (Å²) in [6.07, 6.45) is -0.805. The van der Waals surface area contributed by atoms with E-state index in [4.69, 9.17) is 10.5 Å². The van der Waals surface area contributed by atoms with Gasteiger partial charge in [0.2, 0.25) is 0 Å². The van der Waals surface area contributed by atoms with Gasteiger partial charge in [0.05, 0.1) is 4.47 Å². The van der Waals surface area contributed by atoms with Crippen LogP contribution in [0.4, 0.5) is 4.79 Å². The zero-order chi connectivity index (χ0) is 15.6. The summed E-state index contributed by atoms with van der Waals surface area (Å²) in [6.45, 7) is 5.24. The first-order valence-electron chi connectivity index (χ1n) is 6.18. The number of para-hydroxylation sites is 1. The molecule has 1 aromatic rings. The first kappa shape index (κ1) is 16.8. The molecule has 1 atom stereocenters. The number of hydrogen-bond acceptors (Lipinski definition) is 4. The summed E-state index contributed by atoms with van der Waals surface area (Å²) in [5, 5.41) is 20.8. The number of primary amides is 1. The maximum atomic E-state index is 10.8. The van der Waals surface area contributed by atoms with Gasteiger partial charge in [0.1, 0.15) is 18.0 Å². The van der Waals surface area contributed by atoms with Gasteiger partial charge >= 0.3 is 6.09 Å². The van der Waals surface area contributed by atoms with E-state index in [1.54, 1.807) is 18.2 Å². The zero-order valence-corrected chi connectivity index (χ0v) is 13.4. The lowest BCUT2D eigenvalue weighted by molar-refractivity contribution is -0.0954. The smallest absolute Gasteiger partial charge is 0.404 e. The molecule has 6 heteroatoms. The maximum absolute atomic E-state index is 10.8. The minimum atomic E-state index is -1.35. The third kappa shape index (κ3) is 3.86. The third-order valence-corrected chi connectivity index (χ3v) is 4.04. The second-order valence-corrected chi connectivity index (χ2v) is 6.67. The predicted octanol–water partition coefficient (Wildman–Crippen LogP) is 2.57. The number of carbonyl (C=O) groups is 1. The Morgan fingerprint density at radius 3 is 2.50 bits per heavy atom. The molecule has 4 N–H and O–H groups in total. The fourth-order valence-electron chi connectivity index (χ4n) is 1.74. The lowest BCUT2D eigenvalue weighted by atomic mass is 9.73. The topological polar surface area (TPSA) is 92.8 Å². The zero-order valence-electron chi connectivity index (χ0n) is 11.8. The fraction of sp³-hybridized carbons (Fsp3) is 0.500. The second kappa shape index (κ2) is 6.01. The average molecular weight is 346 g/mol. The molecular weight excluding hydrogens is 326 g/mol. The van der Waals surface area contributed by atoms with Gasteiger partial charge in [-0.25, -0.2) is 4.79 Å². The number of aliphatic hydroxyl groups is 1. The Bertz CT molecular complexity index is 498. The van der Waals surface area contributed by atoms with Gasteiger partial charge in [-0.05, 0) is 33.0 Å². The van der Waals surface area contributed by atoms with Gasteiger partial charge in [0, 0.05) is 6.42 Å². The van der Waals surface area contributed by atoms with Crippen LogP contribution in [0.1, 0.15) is 26.3 Å². The molecule has 5 nitrogen and oxygen atoms in total. The average Bonchev–Trinajstić information content (AvgIpc) is 2.31. The second-order valence-electron chi connectivity index (χ2n) is 5.81. The maximum Gasteiger partial charge on any atom is 0.404 e. The van der Waals surface area contributed by atoms with Crippen molar-refractivity contribution >= 4 is 22.0 Å². The standard InChI is InChI=1S/C14H20BrNO4/c1-13(2,3)14(19,8-20-12(16)18)7-9-5-4-6-10(15)11(9)17/h4-6,17,19H,7-8H2,1-3H3,(H2,16,18). The molecular formula is C14H20BrNO4. The number of hydrogen-bond donors (Lipinski definition) is 3. The van der Waals surface area contributed by atoms with E-state index in [1.807, 2.05) is 20.8 Å². The highest BCUT2D eigenvalue weighted by Gasteiger charge is 2.42. The predicted molar refractivity (Wildman–Crippen MR) is 79.5 cm³/mol. The minimum absolute atomic E-state index is 0.0641. The SMILES string of the molecule is CC(C)(C)C(O)(COC(N)=O)Cc1cccc(Br)c1O. The van der Waals surface area contributed by atoms with Gasteiger partial charge in [-0.15, -0.1) is 0 Å². The summed E-state index contributed by atoms with van der Waals surface area (Å²) in [7, 11) is 0. The van der Waals surface area contributed by atoms with Gasteiger partial charge in [0.25, 0.3) is 0 Å². The first-order valence-corrected chi connectivity index (χ1v) is 6.97. The number of amides is 1. The van der Waals surface area contributed by atoms with Gasteiger partial charge < -0.3 is 20.7 Å². The molecule has 0 saturated heterocycles. The van der Waals surface area contributed by atoms with Crippen LogP contribution in [-0.2, 0) is 11.2 Å². The number of ether oxygens (including phenoxy) is 1. The number of phenolic OH excluding ortho intramolecular Hbond substituents is 1. The molecule has 20 heavy (non-hydrogen) atoms. The molecule has 0 saturated carbocycles. The van der Waals surface area contributed by atoms with Gasteiger partial charge in [-0.1, -0.05) is 32.9 Å². The molecule has 0 bridgehead atoms. The normalized spacial score (nSPS) is 14.7. The lowest BCUT2D eigenvalue weighted by Crippen LogP contribution is -2.49. The van der Waals surface area contributed by atoms with Crippen LogP contribution in [0.25, 0.3) is 0 Å². The quantitative estimate of drug-likeness (QED) is 0.781. The van der Waals surface area contributed by atoms with Crippen molar-refractivity contribution in [3.63, 3.8) is 0 Å². The van der Waals surface area contributed by atoms with E-state index in [9.17, 15) is 15.0 Å². The van der Waals surface area contributed by atoms with E-state index in [0.29, 0.717) is 10.0 Å². The molecule has 0 heterocycles. The highest BCUT2D eigenvalue weighted by molar-refractivity contribution is 9.10. The number of nitrogens with two attached hydrogens (primary N) is 1. The number of halogens is 1. The Morgan fingerprint density at radius 2 is 2.00 bits per heavy atom. The Morgan fingerprint density at radius 1 is 1.40 bits per heavy atom. The molecule has 1 aromatic carbocycles. The van der Waals surface area contributed by atoms with E-state index in [1.165, 1.54) is 0 Å². The molecule has 112 valence electrons. The Balaban J connectivity index is 3.07. The van der Waals surface area contributed by atoms with Gasteiger partial charge in [-0.3, -0.25) is 0 Å². The third-order valence-electron chi connectivity index (χ3n) is 3.40. The van der Waals surface area contributed by atoms with Crippen molar-refractivity contribution in [1.82, 2.24) is 0 Å². The summed E-state index contributed by atoms with van der Waals surface area (Å²) in [4.78, 5) is 10.8. The fourth-order valence-corrected chi connectivity index (χ4v) is 2.15. The minimum Gasteiger partial charge on any atom is -0.506 e. The Labute approximate surface area is 126 Å². The van der Waals surface area contributed by atoms with E-state index < -0.39 is 17.1 Å². The van der Waals surface area contributed by atoms with Crippen LogP contribution in [0.15, 0.2) is 22.7 Å². The first-order chi connectivity index (χ1) is 9.07. The lowest BCUT2D eigenvalue weighted by Gasteiger charge is -2.39. The summed E-state index contributed by atoms with van der Waals surface area (Å²) < 4.78 is 5.31. The highest BCUT2D eigenvalue weighted by Crippen LogP contribution is 2.37. The monoisotopic (exact) mass is 345 g/mol. The van der Waals surface area contributed by atoms with Gasteiger partial charge in [0.15, 0.2) is 0 Å². The van der Waals surface area contributed by atoms with Crippen LogP contribution >= 0.6 is 15.9 Å². The largest absolute Gasteiger partial charge is 0.506 e. The van der Waals surface area contributed by atoms with Crippen molar-refractivity contribution in [3.05, 3.63) is 28.2 Å². The van der Waals surface area contributed by atoms with Crippen LogP contribution in [-0.4, -0.2) is 28.5 Å². The molecule has 0 spiro atoms. The van der Waals surface area contributed by atoms with Crippen molar-refractivity contribution in [3.8, 4) is 5.75 Å². The number of carbonyl (C=O) groups excluding carboxylic acids is 1. The van der Waals surface area contributed by atoms with Crippen LogP contribution in [0.5, 0.6) is 5.75 Å². The molecule has 1 unspecified atom stereocenters. The van der Waals surface area contributed by atoms with Crippen molar-refractivity contribution < 1.29 is 19.7 Å². The van der Waals surface area contributed by atoms with Crippen LogP contribution in [0.3, 0.4) is 0 Å². The molecule has 0 radical (unpaired) electrons. The Hall–Kier alpha value is -1.27. The van der Waals surface area contributed by atoms with Crippen molar-refractivity contribution in [2.75, 3.05) is 6.61 Å². The summed E-state index contributed by atoms with van der Waals surface area (Å²) >= 11 is 3.23. The molecule has 0 fully saturated rings. The van der Waals surface area contributed by atoms with Crippen molar-refractivity contribution in [2.24, 2.45) is 11.1 Å². The highest BCUT2D eigenvalue weighted by atomic mass is 79.9. The molecule has 0 aliphatic heterocycles. The van der Waals surface area contributed by atoms with Crippen LogP contribution in [0, 0.1) is 5.41 Å². The van der Waals surface area contributed by atoms with Crippen molar-refractivity contribution in [1.29, 1.82) is 0 Å². The summed E-state index contributed by atoms with van der Waals surface area (Å²) in [5.41, 5.74) is 3.60. The molecule has 0 aliphatic rings. The van der Waals surface area contributed by atoms with Crippen molar-refractivity contribution in [2.45, 2.75) is 32.8 Å². The van der Waals surface area contributed by atoms with E-state index >= 15 is 0 Å². The van der Waals surface area contributed by atoms with Crippen LogP contribution < -0.4 is 5.73 Å². The molecule has 1 amide bonds. The van der Waals surface area contributed by atoms with E-state index in [2.05, 4.69) is 15.9 Å². The summed E-state index contributed by atoms with van der Waals surface area (Å²) in [5.74, 6) is 0.0641. The number of rotatable bonds is 4. The Kier molecular flexibility index (Phi) is 5.05. The number of benzene rings is 1. The van der Waals surface area contributed by atoms with Gasteiger partial charge in [-0.2, -0.15) is 0 Å².